The molecule has 1 aromatic heterocycles. The molecule has 174 valence electrons. The van der Waals surface area contributed by atoms with Crippen molar-refractivity contribution in [3.8, 4) is 17.2 Å². The van der Waals surface area contributed by atoms with Crippen LogP contribution in [-0.2, 0) is 6.42 Å². The predicted octanol–water partition coefficient (Wildman–Crippen LogP) is 2.55. The van der Waals surface area contributed by atoms with E-state index in [9.17, 15) is 9.90 Å². The van der Waals surface area contributed by atoms with Crippen LogP contribution in [0.1, 0.15) is 16.8 Å². The van der Waals surface area contributed by atoms with Gasteiger partial charge in [-0.2, -0.15) is 0 Å². The summed E-state index contributed by atoms with van der Waals surface area (Å²) in [6.07, 6.45) is 0.0956. The highest BCUT2D eigenvalue weighted by atomic mass is 35.5. The molecular weight excluding hydrogens is 434 g/mol. The zero-order valence-corrected chi connectivity index (χ0v) is 19.5. The molecule has 1 atom stereocenters. The van der Waals surface area contributed by atoms with Gasteiger partial charge in [0.25, 0.3) is 5.56 Å². The standard InChI is InChI=1S/C23H29N3O5.ClH/c1-14-5-7-19(22-21(14)26-23(28)15(2)25-22)31-13-17(27)12-24-10-9-16-6-8-18(29-3)20(11-16)30-4;/h5-8,11,17,24,27H,9-10,12-13H2,1-4H3,(H,26,28);1H. The van der Waals surface area contributed by atoms with Gasteiger partial charge in [0.2, 0.25) is 0 Å². The van der Waals surface area contributed by atoms with E-state index in [2.05, 4.69) is 15.3 Å². The summed E-state index contributed by atoms with van der Waals surface area (Å²) in [5.41, 5.74) is 3.41. The quantitative estimate of drug-likeness (QED) is 0.397. The molecule has 1 heterocycles. The fourth-order valence-corrected chi connectivity index (χ4v) is 3.26. The second kappa shape index (κ2) is 11.7. The number of aliphatic hydroxyl groups excluding tert-OH is 1. The van der Waals surface area contributed by atoms with Crippen LogP contribution in [0.2, 0.25) is 0 Å². The van der Waals surface area contributed by atoms with E-state index in [1.807, 2.05) is 31.2 Å². The van der Waals surface area contributed by atoms with Crippen LogP contribution in [0.25, 0.3) is 11.0 Å². The first-order valence-corrected chi connectivity index (χ1v) is 10.2. The molecule has 0 amide bonds. The van der Waals surface area contributed by atoms with E-state index in [0.29, 0.717) is 47.1 Å². The topological polar surface area (TPSA) is 106 Å². The van der Waals surface area contributed by atoms with Crippen LogP contribution in [0.3, 0.4) is 0 Å². The Morgan fingerprint density at radius 2 is 1.81 bits per heavy atom. The summed E-state index contributed by atoms with van der Waals surface area (Å²) in [5, 5.41) is 13.5. The van der Waals surface area contributed by atoms with Crippen LogP contribution in [-0.4, -0.2) is 55.1 Å². The maximum atomic E-state index is 11.9. The molecule has 3 aromatic rings. The van der Waals surface area contributed by atoms with Gasteiger partial charge in [-0.3, -0.25) is 4.79 Å². The third kappa shape index (κ3) is 6.12. The minimum Gasteiger partial charge on any atom is -0.493 e. The van der Waals surface area contributed by atoms with Crippen molar-refractivity contribution >= 4 is 23.4 Å². The molecule has 0 saturated heterocycles. The zero-order valence-electron chi connectivity index (χ0n) is 18.7. The number of aliphatic hydroxyl groups is 1. The van der Waals surface area contributed by atoms with Crippen molar-refractivity contribution in [3.63, 3.8) is 0 Å². The summed E-state index contributed by atoms with van der Waals surface area (Å²) in [4.78, 5) is 19.1. The van der Waals surface area contributed by atoms with Gasteiger partial charge in [0.1, 0.15) is 29.7 Å². The van der Waals surface area contributed by atoms with E-state index >= 15 is 0 Å². The molecule has 0 spiro atoms. The average Bonchev–Trinajstić information content (AvgIpc) is 2.77. The number of methoxy groups -OCH3 is 2. The number of aromatic nitrogens is 2. The van der Waals surface area contributed by atoms with Gasteiger partial charge in [-0.15, -0.1) is 12.4 Å². The highest BCUT2D eigenvalue weighted by Crippen LogP contribution is 2.27. The van der Waals surface area contributed by atoms with Gasteiger partial charge in [0, 0.05) is 6.54 Å². The van der Waals surface area contributed by atoms with Crippen molar-refractivity contribution in [1.82, 2.24) is 15.3 Å². The predicted molar refractivity (Wildman–Crippen MR) is 127 cm³/mol. The van der Waals surface area contributed by atoms with Crippen LogP contribution in [0.15, 0.2) is 35.1 Å². The third-order valence-electron chi connectivity index (χ3n) is 5.05. The van der Waals surface area contributed by atoms with Crippen LogP contribution in [0, 0.1) is 13.8 Å². The maximum Gasteiger partial charge on any atom is 0.269 e. The molecule has 0 aliphatic rings. The smallest absolute Gasteiger partial charge is 0.269 e. The lowest BCUT2D eigenvalue weighted by molar-refractivity contribution is 0.107. The largest absolute Gasteiger partial charge is 0.493 e. The molecule has 0 radical (unpaired) electrons. The number of hydrogen-bond donors (Lipinski definition) is 3. The molecule has 0 saturated carbocycles. The molecule has 9 heteroatoms. The number of halogens is 1. The molecule has 8 nitrogen and oxygen atoms in total. The zero-order chi connectivity index (χ0) is 22.4. The monoisotopic (exact) mass is 463 g/mol. The summed E-state index contributed by atoms with van der Waals surface area (Å²) >= 11 is 0. The molecule has 0 aliphatic carbocycles. The number of H-pyrrole nitrogens is 1. The number of aryl methyl sites for hydroxylation is 2. The van der Waals surface area contributed by atoms with E-state index in [-0.39, 0.29) is 24.6 Å². The van der Waals surface area contributed by atoms with Crippen molar-refractivity contribution in [1.29, 1.82) is 0 Å². The van der Waals surface area contributed by atoms with E-state index in [1.54, 1.807) is 27.2 Å². The van der Waals surface area contributed by atoms with Gasteiger partial charge in [0.15, 0.2) is 11.5 Å². The number of ether oxygens (including phenoxy) is 3. The minimum atomic E-state index is -0.689. The van der Waals surface area contributed by atoms with Gasteiger partial charge in [-0.25, -0.2) is 4.98 Å². The molecule has 32 heavy (non-hydrogen) atoms. The highest BCUT2D eigenvalue weighted by Gasteiger charge is 2.12. The van der Waals surface area contributed by atoms with E-state index in [4.69, 9.17) is 14.2 Å². The lowest BCUT2D eigenvalue weighted by Gasteiger charge is -2.15. The number of nitrogens with zero attached hydrogens (tertiary/aromatic N) is 1. The number of hydrogen-bond acceptors (Lipinski definition) is 7. The number of nitrogens with one attached hydrogen (secondary N) is 2. The van der Waals surface area contributed by atoms with Crippen LogP contribution >= 0.6 is 12.4 Å². The number of aromatic amines is 1. The Bertz CT molecular complexity index is 1100. The van der Waals surface area contributed by atoms with E-state index < -0.39 is 6.10 Å². The van der Waals surface area contributed by atoms with Gasteiger partial charge in [-0.1, -0.05) is 12.1 Å². The number of rotatable bonds is 10. The van der Waals surface area contributed by atoms with E-state index in [1.165, 1.54) is 0 Å². The first-order valence-electron chi connectivity index (χ1n) is 10.2. The molecule has 3 N–H and O–H groups in total. The Morgan fingerprint density at radius 1 is 1.09 bits per heavy atom. The first kappa shape index (κ1) is 25.5. The van der Waals surface area contributed by atoms with Gasteiger partial charge < -0.3 is 29.6 Å². The molecule has 2 aromatic carbocycles. The van der Waals surface area contributed by atoms with E-state index in [0.717, 1.165) is 17.5 Å². The Kier molecular flexibility index (Phi) is 9.31. The SMILES string of the molecule is COc1ccc(CCNCC(O)COc2ccc(C)c3[nH]c(=O)c(C)nc23)cc1OC.Cl. The normalized spacial score (nSPS) is 11.7. The van der Waals surface area contributed by atoms with Crippen LogP contribution in [0.5, 0.6) is 17.2 Å². The number of fused-ring (bicyclic) bond motifs is 1. The maximum absolute atomic E-state index is 11.9. The summed E-state index contributed by atoms with van der Waals surface area (Å²) in [7, 11) is 3.22. The first-order chi connectivity index (χ1) is 14.9. The van der Waals surface area contributed by atoms with Crippen molar-refractivity contribution < 1.29 is 19.3 Å². The summed E-state index contributed by atoms with van der Waals surface area (Å²) in [5.74, 6) is 1.93. The van der Waals surface area contributed by atoms with Gasteiger partial charge in [-0.05, 0) is 56.1 Å². The number of benzene rings is 2. The van der Waals surface area contributed by atoms with Crippen LogP contribution < -0.4 is 25.1 Å². The lowest BCUT2D eigenvalue weighted by atomic mass is 10.1. The third-order valence-corrected chi connectivity index (χ3v) is 5.05. The van der Waals surface area contributed by atoms with Crippen LogP contribution in [0.4, 0.5) is 0 Å². The molecule has 0 bridgehead atoms. The second-order valence-electron chi connectivity index (χ2n) is 7.36. The second-order valence-corrected chi connectivity index (χ2v) is 7.36. The Labute approximate surface area is 193 Å². The summed E-state index contributed by atoms with van der Waals surface area (Å²) < 4.78 is 16.4. The van der Waals surface area contributed by atoms with Crippen molar-refractivity contribution in [3.05, 3.63) is 57.5 Å². The highest BCUT2D eigenvalue weighted by molar-refractivity contribution is 5.85. The summed E-state index contributed by atoms with van der Waals surface area (Å²) in [6.45, 7) is 4.75. The molecule has 0 aliphatic heterocycles. The van der Waals surface area contributed by atoms with Gasteiger partial charge >= 0.3 is 0 Å². The van der Waals surface area contributed by atoms with Crippen molar-refractivity contribution in [2.45, 2.75) is 26.4 Å². The lowest BCUT2D eigenvalue weighted by Crippen LogP contribution is -2.32. The molecule has 3 rings (SSSR count). The van der Waals surface area contributed by atoms with Crippen molar-refractivity contribution in [2.75, 3.05) is 33.9 Å². The average molecular weight is 464 g/mol. The minimum absolute atomic E-state index is 0. The molecule has 1 unspecified atom stereocenters. The Morgan fingerprint density at radius 3 is 2.53 bits per heavy atom. The fourth-order valence-electron chi connectivity index (χ4n) is 3.26. The Hall–Kier alpha value is -2.81. The fraction of sp³-hybridized carbons (Fsp3) is 0.391. The summed E-state index contributed by atoms with van der Waals surface area (Å²) in [6, 6.07) is 9.48. The van der Waals surface area contributed by atoms with Gasteiger partial charge in [0.05, 0.1) is 19.7 Å². The van der Waals surface area contributed by atoms with Crippen molar-refractivity contribution in [2.24, 2.45) is 0 Å². The Balaban J connectivity index is 0.00000363. The molecule has 0 fully saturated rings. The molecular formula is C23H30ClN3O5.